The van der Waals surface area contributed by atoms with Crippen LogP contribution in [-0.4, -0.2) is 29.6 Å². The number of carboxylic acid groups (broad SMARTS) is 1. The Kier molecular flexibility index (Phi) is 8.57. The molecule has 0 bridgehead atoms. The van der Waals surface area contributed by atoms with Crippen LogP contribution in [0.4, 0.5) is 4.79 Å². The lowest BCUT2D eigenvalue weighted by atomic mass is 10.2. The van der Waals surface area contributed by atoms with Gasteiger partial charge in [-0.1, -0.05) is 36.4 Å². The Hall–Kier alpha value is -3.32. The summed E-state index contributed by atoms with van der Waals surface area (Å²) in [5.41, 5.74) is 0. The fraction of sp³-hybridized carbons (Fsp3) is 0.321. The Balaban J connectivity index is 2.50. The van der Waals surface area contributed by atoms with Gasteiger partial charge in [-0.3, -0.25) is 0 Å². The van der Waals surface area contributed by atoms with Crippen LogP contribution in [0.15, 0.2) is 87.5 Å². The van der Waals surface area contributed by atoms with E-state index in [1.807, 2.05) is 102 Å². The maximum absolute atomic E-state index is 12.3. The number of rotatable bonds is 10. The molecular weight excluding hydrogens is 464 g/mol. The lowest BCUT2D eigenvalue weighted by Crippen LogP contribution is -2.18. The Morgan fingerprint density at radius 2 is 1.09 bits per heavy atom. The Morgan fingerprint density at radius 1 is 0.686 bits per heavy atom. The molecule has 3 aromatic rings. The van der Waals surface area contributed by atoms with Crippen molar-refractivity contribution >= 4 is 16.5 Å². The molecule has 0 aromatic heterocycles. The van der Waals surface area contributed by atoms with E-state index >= 15 is 0 Å². The fourth-order valence-corrected chi connectivity index (χ4v) is 6.79. The summed E-state index contributed by atoms with van der Waals surface area (Å²) in [5, 5.41) is 10.0. The fourth-order valence-electron chi connectivity index (χ4n) is 3.70. The summed E-state index contributed by atoms with van der Waals surface area (Å²) in [7, 11) is -2.83. The molecule has 0 heterocycles. The lowest BCUT2D eigenvalue weighted by molar-refractivity contribution is 0.149. The molecule has 0 saturated carbocycles. The van der Waals surface area contributed by atoms with Crippen LogP contribution < -0.4 is 14.2 Å². The molecule has 7 heteroatoms. The standard InChI is InChI=1S/C28H34O6S/c1-19(2)31-22-17-25(32-20(3)4)27(26(18-22)33-21(5)6)35(34-28(29)30,23-13-9-7-10-14-23)24-15-11-8-12-16-24/h7-21H,1-6H3,(H,29,30). The Labute approximate surface area is 209 Å². The van der Waals surface area contributed by atoms with Gasteiger partial charge in [-0.15, -0.1) is 0 Å². The number of hydrogen-bond donors (Lipinski definition) is 1. The highest BCUT2D eigenvalue weighted by Crippen LogP contribution is 2.73. The highest BCUT2D eigenvalue weighted by Gasteiger charge is 2.42. The minimum atomic E-state index is -2.83. The van der Waals surface area contributed by atoms with Gasteiger partial charge in [0.2, 0.25) is 0 Å². The van der Waals surface area contributed by atoms with Gasteiger partial charge in [-0.05, 0) is 65.8 Å². The minimum Gasteiger partial charge on any atom is -0.491 e. The molecule has 0 unspecified atom stereocenters. The molecule has 35 heavy (non-hydrogen) atoms. The van der Waals surface area contributed by atoms with E-state index < -0.39 is 16.5 Å². The number of hydrogen-bond acceptors (Lipinski definition) is 5. The second kappa shape index (κ2) is 11.4. The van der Waals surface area contributed by atoms with E-state index in [2.05, 4.69) is 0 Å². The zero-order chi connectivity index (χ0) is 25.6. The van der Waals surface area contributed by atoms with Crippen molar-refractivity contribution in [1.29, 1.82) is 0 Å². The second-order valence-electron chi connectivity index (χ2n) is 8.78. The first-order chi connectivity index (χ1) is 16.6. The molecule has 0 atom stereocenters. The molecule has 0 fully saturated rings. The van der Waals surface area contributed by atoms with E-state index in [4.69, 9.17) is 18.4 Å². The number of carbonyl (C=O) groups is 1. The summed E-state index contributed by atoms with van der Waals surface area (Å²) < 4.78 is 24.6. The largest absolute Gasteiger partial charge is 0.517 e. The van der Waals surface area contributed by atoms with Gasteiger partial charge in [-0.2, -0.15) is 0 Å². The molecule has 3 aromatic carbocycles. The maximum Gasteiger partial charge on any atom is 0.517 e. The molecule has 188 valence electrons. The highest BCUT2D eigenvalue weighted by atomic mass is 32.3. The van der Waals surface area contributed by atoms with Gasteiger partial charge >= 0.3 is 6.16 Å². The molecule has 3 rings (SSSR count). The van der Waals surface area contributed by atoms with Gasteiger partial charge in [0.05, 0.1) is 18.3 Å². The van der Waals surface area contributed by atoms with Crippen LogP contribution in [0.25, 0.3) is 0 Å². The van der Waals surface area contributed by atoms with Gasteiger partial charge in [-0.25, -0.2) is 4.79 Å². The summed E-state index contributed by atoms with van der Waals surface area (Å²) >= 11 is 0. The highest BCUT2D eigenvalue weighted by molar-refractivity contribution is 8.30. The Morgan fingerprint density at radius 3 is 1.43 bits per heavy atom. The molecular formula is C28H34O6S. The van der Waals surface area contributed by atoms with Gasteiger partial charge in [0.25, 0.3) is 0 Å². The molecule has 0 aliphatic rings. The van der Waals surface area contributed by atoms with Crippen molar-refractivity contribution in [3.63, 3.8) is 0 Å². The maximum atomic E-state index is 12.3. The van der Waals surface area contributed by atoms with Crippen LogP contribution in [0, 0.1) is 0 Å². The topological polar surface area (TPSA) is 74.2 Å². The summed E-state index contributed by atoms with van der Waals surface area (Å²) in [6, 6.07) is 22.3. The van der Waals surface area contributed by atoms with Gasteiger partial charge in [0, 0.05) is 32.2 Å². The van der Waals surface area contributed by atoms with E-state index in [9.17, 15) is 9.90 Å². The average Bonchev–Trinajstić information content (AvgIpc) is 2.77. The van der Waals surface area contributed by atoms with Crippen LogP contribution in [0.2, 0.25) is 0 Å². The van der Waals surface area contributed by atoms with Crippen molar-refractivity contribution in [2.24, 2.45) is 0 Å². The monoisotopic (exact) mass is 498 g/mol. The third-order valence-corrected chi connectivity index (χ3v) is 7.97. The van der Waals surface area contributed by atoms with E-state index in [1.165, 1.54) is 0 Å². The first-order valence-electron chi connectivity index (χ1n) is 11.7. The molecule has 0 aliphatic heterocycles. The van der Waals surface area contributed by atoms with Gasteiger partial charge in [0.15, 0.2) is 0 Å². The lowest BCUT2D eigenvalue weighted by Gasteiger charge is -2.40. The van der Waals surface area contributed by atoms with Crippen LogP contribution in [-0.2, 0) is 4.18 Å². The van der Waals surface area contributed by atoms with Crippen LogP contribution in [0.3, 0.4) is 0 Å². The van der Waals surface area contributed by atoms with Crippen molar-refractivity contribution in [2.45, 2.75) is 74.5 Å². The van der Waals surface area contributed by atoms with Crippen molar-refractivity contribution < 1.29 is 28.3 Å². The molecule has 0 saturated heterocycles. The predicted molar refractivity (Wildman–Crippen MR) is 138 cm³/mol. The molecule has 0 radical (unpaired) electrons. The quantitative estimate of drug-likeness (QED) is 0.306. The summed E-state index contributed by atoms with van der Waals surface area (Å²) in [6.45, 7) is 11.6. The second-order valence-corrected chi connectivity index (χ2v) is 11.4. The normalized spacial score (nSPS) is 12.0. The van der Waals surface area contributed by atoms with Gasteiger partial charge in [0.1, 0.15) is 22.1 Å². The molecule has 1 N–H and O–H groups in total. The zero-order valence-electron chi connectivity index (χ0n) is 21.1. The molecule has 0 spiro atoms. The van der Waals surface area contributed by atoms with Crippen molar-refractivity contribution in [3.8, 4) is 17.2 Å². The average molecular weight is 499 g/mol. The Bertz CT molecular complexity index is 1040. The summed E-state index contributed by atoms with van der Waals surface area (Å²) in [5.74, 6) is 1.48. The van der Waals surface area contributed by atoms with Crippen molar-refractivity contribution in [1.82, 2.24) is 0 Å². The van der Waals surface area contributed by atoms with E-state index in [1.54, 1.807) is 12.1 Å². The van der Waals surface area contributed by atoms with Crippen LogP contribution in [0.1, 0.15) is 41.5 Å². The van der Waals surface area contributed by atoms with Crippen molar-refractivity contribution in [3.05, 3.63) is 72.8 Å². The van der Waals surface area contributed by atoms with E-state index in [0.29, 0.717) is 31.9 Å². The van der Waals surface area contributed by atoms with Crippen molar-refractivity contribution in [2.75, 3.05) is 0 Å². The first kappa shape index (κ1) is 26.3. The first-order valence-corrected chi connectivity index (χ1v) is 13.2. The van der Waals surface area contributed by atoms with Crippen LogP contribution >= 0.6 is 10.3 Å². The molecule has 6 nitrogen and oxygen atoms in total. The predicted octanol–water partition coefficient (Wildman–Crippen LogP) is 7.94. The van der Waals surface area contributed by atoms with Gasteiger partial charge < -0.3 is 23.5 Å². The van der Waals surface area contributed by atoms with Crippen LogP contribution in [0.5, 0.6) is 17.2 Å². The summed E-state index contributed by atoms with van der Waals surface area (Å²) in [4.78, 5) is 14.2. The number of benzene rings is 3. The number of ether oxygens (including phenoxy) is 3. The van der Waals surface area contributed by atoms with E-state index in [0.717, 1.165) is 0 Å². The summed E-state index contributed by atoms with van der Waals surface area (Å²) in [6.07, 6.45) is -1.84. The third kappa shape index (κ3) is 6.22. The minimum absolute atomic E-state index is 0.0738. The zero-order valence-corrected chi connectivity index (χ0v) is 21.9. The molecule has 0 aliphatic carbocycles. The SMILES string of the molecule is CC(C)Oc1cc(OC(C)C)c(S(OC(=O)O)(c2ccccc2)c2ccccc2)c(OC(C)C)c1. The van der Waals surface area contributed by atoms with E-state index in [-0.39, 0.29) is 18.3 Å². The third-order valence-electron chi connectivity index (χ3n) is 4.73. The molecule has 0 amide bonds. The smallest absolute Gasteiger partial charge is 0.491 e.